The van der Waals surface area contributed by atoms with Crippen molar-refractivity contribution in [2.24, 2.45) is 0 Å². The fourth-order valence-corrected chi connectivity index (χ4v) is 2.62. The maximum Gasteiger partial charge on any atom is 0.309 e. The summed E-state index contributed by atoms with van der Waals surface area (Å²) in [6.07, 6.45) is 5.39. The van der Waals surface area contributed by atoms with Gasteiger partial charge in [-0.3, -0.25) is 9.59 Å². The largest absolute Gasteiger partial charge is 0.345 e. The highest BCUT2D eigenvalue weighted by Crippen LogP contribution is 2.17. The molecule has 1 aromatic carbocycles. The average molecular weight is 295 g/mol. The van der Waals surface area contributed by atoms with Crippen molar-refractivity contribution in [2.45, 2.75) is 44.7 Å². The molecule has 0 unspecified atom stereocenters. The van der Waals surface area contributed by atoms with E-state index in [9.17, 15) is 9.59 Å². The molecule has 2 amide bonds. The van der Waals surface area contributed by atoms with E-state index in [4.69, 9.17) is 11.6 Å². The van der Waals surface area contributed by atoms with Crippen molar-refractivity contribution in [1.82, 2.24) is 10.6 Å². The maximum atomic E-state index is 11.8. The van der Waals surface area contributed by atoms with Crippen LogP contribution in [-0.2, 0) is 16.1 Å². The van der Waals surface area contributed by atoms with Crippen molar-refractivity contribution < 1.29 is 9.59 Å². The molecule has 1 aliphatic carbocycles. The molecule has 0 bridgehead atoms. The minimum absolute atomic E-state index is 0.146. The van der Waals surface area contributed by atoms with Gasteiger partial charge in [-0.05, 0) is 30.5 Å². The second-order valence-electron chi connectivity index (χ2n) is 5.12. The highest BCUT2D eigenvalue weighted by molar-refractivity contribution is 6.35. The number of amides is 2. The summed E-state index contributed by atoms with van der Waals surface area (Å²) in [7, 11) is 0. The number of benzene rings is 1. The van der Waals surface area contributed by atoms with Gasteiger partial charge in [0.05, 0.1) is 0 Å². The van der Waals surface area contributed by atoms with E-state index >= 15 is 0 Å². The molecule has 1 aromatic rings. The van der Waals surface area contributed by atoms with Gasteiger partial charge in [-0.15, -0.1) is 0 Å². The Morgan fingerprint density at radius 1 is 1.15 bits per heavy atom. The molecule has 1 saturated carbocycles. The fourth-order valence-electron chi connectivity index (χ4n) is 2.41. The molecular formula is C15H19ClN2O2. The molecule has 108 valence electrons. The maximum absolute atomic E-state index is 11.8. The lowest BCUT2D eigenvalue weighted by Crippen LogP contribution is -2.45. The van der Waals surface area contributed by atoms with Gasteiger partial charge in [0.2, 0.25) is 0 Å². The first-order chi connectivity index (χ1) is 9.65. The van der Waals surface area contributed by atoms with Crippen LogP contribution in [0.3, 0.4) is 0 Å². The summed E-state index contributed by atoms with van der Waals surface area (Å²) in [4.78, 5) is 23.5. The number of halogens is 1. The molecule has 0 heterocycles. The molecule has 4 nitrogen and oxygen atoms in total. The monoisotopic (exact) mass is 294 g/mol. The molecule has 0 spiro atoms. The van der Waals surface area contributed by atoms with E-state index in [0.717, 1.165) is 31.2 Å². The van der Waals surface area contributed by atoms with Crippen LogP contribution in [0, 0.1) is 0 Å². The number of hydrogen-bond donors (Lipinski definition) is 2. The Morgan fingerprint density at radius 2 is 1.90 bits per heavy atom. The highest BCUT2D eigenvalue weighted by Gasteiger charge is 2.19. The Morgan fingerprint density at radius 3 is 2.60 bits per heavy atom. The lowest BCUT2D eigenvalue weighted by molar-refractivity contribution is -0.139. The molecule has 0 aromatic heterocycles. The third-order valence-electron chi connectivity index (χ3n) is 3.49. The van der Waals surface area contributed by atoms with Crippen molar-refractivity contribution >= 4 is 23.4 Å². The topological polar surface area (TPSA) is 58.2 Å². The third-order valence-corrected chi connectivity index (χ3v) is 3.72. The first-order valence-corrected chi connectivity index (χ1v) is 7.36. The SMILES string of the molecule is O=C(NCc1cccc(Cl)c1)C(=O)NC1CCCCC1. The summed E-state index contributed by atoms with van der Waals surface area (Å²) in [5.74, 6) is -1.13. The highest BCUT2D eigenvalue weighted by atomic mass is 35.5. The van der Waals surface area contributed by atoms with Gasteiger partial charge in [-0.1, -0.05) is 43.0 Å². The van der Waals surface area contributed by atoms with E-state index in [1.807, 2.05) is 12.1 Å². The lowest BCUT2D eigenvalue weighted by atomic mass is 9.95. The van der Waals surface area contributed by atoms with Crippen LogP contribution in [0.2, 0.25) is 5.02 Å². The summed E-state index contributed by atoms with van der Waals surface area (Å²) in [5.41, 5.74) is 0.872. The molecular weight excluding hydrogens is 276 g/mol. The lowest BCUT2D eigenvalue weighted by Gasteiger charge is -2.22. The zero-order chi connectivity index (χ0) is 14.4. The molecule has 2 N–H and O–H groups in total. The number of nitrogens with one attached hydrogen (secondary N) is 2. The van der Waals surface area contributed by atoms with Gasteiger partial charge in [0, 0.05) is 17.6 Å². The molecule has 1 aliphatic rings. The van der Waals surface area contributed by atoms with E-state index in [2.05, 4.69) is 10.6 Å². The predicted octanol–water partition coefficient (Wildman–Crippen LogP) is 2.41. The average Bonchev–Trinajstić information content (AvgIpc) is 2.46. The third kappa shape index (κ3) is 4.53. The summed E-state index contributed by atoms with van der Waals surface area (Å²) in [5, 5.41) is 6.01. The quantitative estimate of drug-likeness (QED) is 0.841. The zero-order valence-electron chi connectivity index (χ0n) is 11.3. The van der Waals surface area contributed by atoms with Gasteiger partial charge >= 0.3 is 11.8 Å². The van der Waals surface area contributed by atoms with Crippen molar-refractivity contribution in [3.8, 4) is 0 Å². The Kier molecular flexibility index (Phi) is 5.41. The Bertz CT molecular complexity index is 485. The first kappa shape index (κ1) is 14.9. The van der Waals surface area contributed by atoms with Crippen LogP contribution in [0.5, 0.6) is 0 Å². The standard InChI is InChI=1S/C15H19ClN2O2/c16-12-6-4-5-11(9-12)10-17-14(19)15(20)18-13-7-2-1-3-8-13/h4-6,9,13H,1-3,7-8,10H2,(H,17,19)(H,18,20). The molecule has 0 aliphatic heterocycles. The fraction of sp³-hybridized carbons (Fsp3) is 0.467. The van der Waals surface area contributed by atoms with Gasteiger partial charge < -0.3 is 10.6 Å². The van der Waals surface area contributed by atoms with E-state index in [0.29, 0.717) is 11.6 Å². The van der Waals surface area contributed by atoms with Crippen LogP contribution < -0.4 is 10.6 Å². The van der Waals surface area contributed by atoms with Gasteiger partial charge in [0.1, 0.15) is 0 Å². The zero-order valence-corrected chi connectivity index (χ0v) is 12.1. The van der Waals surface area contributed by atoms with Crippen molar-refractivity contribution in [3.05, 3.63) is 34.9 Å². The second kappa shape index (κ2) is 7.29. The number of hydrogen-bond acceptors (Lipinski definition) is 2. The minimum Gasteiger partial charge on any atom is -0.345 e. The van der Waals surface area contributed by atoms with Gasteiger partial charge in [0.15, 0.2) is 0 Å². The van der Waals surface area contributed by atoms with Crippen molar-refractivity contribution in [1.29, 1.82) is 0 Å². The number of rotatable bonds is 3. The van der Waals surface area contributed by atoms with Crippen LogP contribution in [0.25, 0.3) is 0 Å². The molecule has 0 atom stereocenters. The summed E-state index contributed by atoms with van der Waals surface area (Å²) >= 11 is 5.86. The summed E-state index contributed by atoms with van der Waals surface area (Å²) in [6, 6.07) is 7.34. The van der Waals surface area contributed by atoms with E-state index in [1.165, 1.54) is 6.42 Å². The summed E-state index contributed by atoms with van der Waals surface area (Å²) < 4.78 is 0. The molecule has 0 radical (unpaired) electrons. The van der Waals surface area contributed by atoms with Crippen LogP contribution in [0.4, 0.5) is 0 Å². The van der Waals surface area contributed by atoms with E-state index in [1.54, 1.807) is 12.1 Å². The smallest absolute Gasteiger partial charge is 0.309 e. The van der Waals surface area contributed by atoms with Crippen LogP contribution in [-0.4, -0.2) is 17.9 Å². The van der Waals surface area contributed by atoms with E-state index < -0.39 is 11.8 Å². The van der Waals surface area contributed by atoms with Crippen LogP contribution >= 0.6 is 11.6 Å². The Hall–Kier alpha value is -1.55. The number of carbonyl (C=O) groups excluding carboxylic acids is 2. The van der Waals surface area contributed by atoms with Crippen molar-refractivity contribution in [3.63, 3.8) is 0 Å². The van der Waals surface area contributed by atoms with Gasteiger partial charge in [0.25, 0.3) is 0 Å². The van der Waals surface area contributed by atoms with Gasteiger partial charge in [-0.25, -0.2) is 0 Å². The van der Waals surface area contributed by atoms with Crippen LogP contribution in [0.1, 0.15) is 37.7 Å². The second-order valence-corrected chi connectivity index (χ2v) is 5.56. The molecule has 5 heteroatoms. The molecule has 2 rings (SSSR count). The molecule has 20 heavy (non-hydrogen) atoms. The minimum atomic E-state index is -0.587. The first-order valence-electron chi connectivity index (χ1n) is 6.98. The number of carbonyl (C=O) groups is 2. The Labute approximate surface area is 123 Å². The normalized spacial score (nSPS) is 15.7. The molecule has 1 fully saturated rings. The van der Waals surface area contributed by atoms with Gasteiger partial charge in [-0.2, -0.15) is 0 Å². The Balaban J connectivity index is 1.77. The van der Waals surface area contributed by atoms with E-state index in [-0.39, 0.29) is 6.04 Å². The predicted molar refractivity (Wildman–Crippen MR) is 78.3 cm³/mol. The van der Waals surface area contributed by atoms with Crippen molar-refractivity contribution in [2.75, 3.05) is 0 Å². The summed E-state index contributed by atoms with van der Waals surface area (Å²) in [6.45, 7) is 0.303. The molecule has 0 saturated heterocycles. The van der Waals surface area contributed by atoms with Crippen LogP contribution in [0.15, 0.2) is 24.3 Å².